The number of carboxylic acids is 2. The summed E-state index contributed by atoms with van der Waals surface area (Å²) in [5.41, 5.74) is 0.292. The first-order chi connectivity index (χ1) is 4.55. The van der Waals surface area contributed by atoms with Crippen LogP contribution < -0.4 is 0 Å². The van der Waals surface area contributed by atoms with E-state index in [-0.39, 0.29) is 0 Å². The van der Waals surface area contributed by atoms with Crippen LogP contribution in [0.4, 0.5) is 0 Å². The predicted molar refractivity (Wildman–Crippen MR) is 31.4 cm³/mol. The molecule has 4 heteroatoms. The Balaban J connectivity index is 2.66. The molecule has 1 rings (SSSR count). The van der Waals surface area contributed by atoms with Gasteiger partial charge < -0.3 is 10.2 Å². The van der Waals surface area contributed by atoms with Crippen molar-refractivity contribution in [3.63, 3.8) is 0 Å². The van der Waals surface area contributed by atoms with Crippen LogP contribution in [0.25, 0.3) is 0 Å². The minimum atomic E-state index is -1.10. The van der Waals surface area contributed by atoms with E-state index in [4.69, 9.17) is 10.2 Å². The Kier molecular flexibility index (Phi) is 1.24. The fourth-order valence-electron chi connectivity index (χ4n) is 0.917. The van der Waals surface area contributed by atoms with Gasteiger partial charge in [-0.3, -0.25) is 9.59 Å². The van der Waals surface area contributed by atoms with Gasteiger partial charge in [0.2, 0.25) is 0 Å². The average molecular weight is 142 g/mol. The van der Waals surface area contributed by atoms with E-state index in [1.165, 1.54) is 0 Å². The van der Waals surface area contributed by atoms with Gasteiger partial charge in [0.05, 0.1) is 11.8 Å². The van der Waals surface area contributed by atoms with Crippen LogP contribution in [0.1, 0.15) is 0 Å². The Morgan fingerprint density at radius 3 is 1.60 bits per heavy atom. The molecule has 4 nitrogen and oxygen atoms in total. The van der Waals surface area contributed by atoms with Crippen LogP contribution in [0.3, 0.4) is 0 Å². The summed E-state index contributed by atoms with van der Waals surface area (Å²) in [6, 6.07) is 0. The largest absolute Gasteiger partial charge is 0.481 e. The molecule has 0 heterocycles. The molecule has 2 atom stereocenters. The molecular formula is C6H6O4. The Bertz CT molecular complexity index is 196. The molecule has 1 fully saturated rings. The van der Waals surface area contributed by atoms with Crippen LogP contribution in [0.15, 0.2) is 12.2 Å². The van der Waals surface area contributed by atoms with Gasteiger partial charge in [-0.05, 0) is 5.57 Å². The number of carbonyl (C=O) groups is 2. The molecule has 10 heavy (non-hydrogen) atoms. The summed E-state index contributed by atoms with van der Waals surface area (Å²) >= 11 is 0. The van der Waals surface area contributed by atoms with Crippen LogP contribution in [-0.4, -0.2) is 22.2 Å². The molecule has 2 N–H and O–H groups in total. The van der Waals surface area contributed by atoms with E-state index in [9.17, 15) is 9.59 Å². The summed E-state index contributed by atoms with van der Waals surface area (Å²) < 4.78 is 0. The van der Waals surface area contributed by atoms with Crippen molar-refractivity contribution in [2.75, 3.05) is 0 Å². The fourth-order valence-corrected chi connectivity index (χ4v) is 0.917. The minimum Gasteiger partial charge on any atom is -0.481 e. The maximum atomic E-state index is 10.2. The highest BCUT2D eigenvalue weighted by Crippen LogP contribution is 2.44. The average Bonchev–Trinajstić information content (AvgIpc) is 2.40. The van der Waals surface area contributed by atoms with Gasteiger partial charge in [0.15, 0.2) is 0 Å². The van der Waals surface area contributed by atoms with Crippen LogP contribution >= 0.6 is 0 Å². The van der Waals surface area contributed by atoms with Crippen molar-refractivity contribution in [3.8, 4) is 0 Å². The topological polar surface area (TPSA) is 74.6 Å². The van der Waals surface area contributed by atoms with Crippen LogP contribution in [-0.2, 0) is 9.59 Å². The molecule has 0 saturated heterocycles. The van der Waals surface area contributed by atoms with Gasteiger partial charge in [-0.2, -0.15) is 0 Å². The molecule has 0 aromatic carbocycles. The summed E-state index contributed by atoms with van der Waals surface area (Å²) in [5.74, 6) is -3.90. The third-order valence-electron chi connectivity index (χ3n) is 1.56. The molecule has 0 unspecified atom stereocenters. The van der Waals surface area contributed by atoms with Gasteiger partial charge >= 0.3 is 11.9 Å². The molecule has 0 radical (unpaired) electrons. The van der Waals surface area contributed by atoms with Gasteiger partial charge in [0, 0.05) is 0 Å². The third kappa shape index (κ3) is 0.775. The second-order valence-corrected chi connectivity index (χ2v) is 2.21. The number of aliphatic carboxylic acids is 2. The first-order valence-electron chi connectivity index (χ1n) is 2.70. The number of hydrogen-bond donors (Lipinski definition) is 2. The number of carboxylic acid groups (broad SMARTS) is 2. The van der Waals surface area contributed by atoms with Gasteiger partial charge in [0.25, 0.3) is 0 Å². The monoisotopic (exact) mass is 142 g/mol. The van der Waals surface area contributed by atoms with E-state index in [2.05, 4.69) is 6.58 Å². The van der Waals surface area contributed by atoms with Gasteiger partial charge in [0.1, 0.15) is 0 Å². The summed E-state index contributed by atoms with van der Waals surface area (Å²) in [4.78, 5) is 20.3. The highest BCUT2D eigenvalue weighted by molar-refractivity contribution is 5.92. The first kappa shape index (κ1) is 6.80. The van der Waals surface area contributed by atoms with Crippen LogP contribution in [0, 0.1) is 11.8 Å². The van der Waals surface area contributed by atoms with E-state index >= 15 is 0 Å². The lowest BCUT2D eigenvalue weighted by Gasteiger charge is -1.83. The number of hydrogen-bond acceptors (Lipinski definition) is 2. The zero-order chi connectivity index (χ0) is 7.89. The zero-order valence-electron chi connectivity index (χ0n) is 5.07. The predicted octanol–water partition coefficient (Wildman–Crippen LogP) is -0.0422. The van der Waals surface area contributed by atoms with E-state index < -0.39 is 23.8 Å². The van der Waals surface area contributed by atoms with E-state index in [1.54, 1.807) is 0 Å². The molecule has 54 valence electrons. The lowest BCUT2D eigenvalue weighted by Crippen LogP contribution is -2.05. The highest BCUT2D eigenvalue weighted by atomic mass is 16.4. The molecule has 0 amide bonds. The number of rotatable bonds is 2. The van der Waals surface area contributed by atoms with Crippen molar-refractivity contribution >= 4 is 11.9 Å². The molecule has 1 aliphatic carbocycles. The zero-order valence-corrected chi connectivity index (χ0v) is 5.07. The SMILES string of the molecule is C=C1[C@H](C(=O)O)[C@@H]1C(=O)O. The quantitative estimate of drug-likeness (QED) is 0.530. The fraction of sp³-hybridized carbons (Fsp3) is 0.333. The molecular weight excluding hydrogens is 136 g/mol. The second-order valence-electron chi connectivity index (χ2n) is 2.21. The maximum Gasteiger partial charge on any atom is 0.311 e. The molecule has 0 aromatic rings. The molecule has 1 aliphatic rings. The van der Waals surface area contributed by atoms with E-state index in [1.807, 2.05) is 0 Å². The lowest BCUT2D eigenvalue weighted by atomic mass is 10.3. The van der Waals surface area contributed by atoms with Crippen LogP contribution in [0.5, 0.6) is 0 Å². The Morgan fingerprint density at radius 2 is 1.50 bits per heavy atom. The van der Waals surface area contributed by atoms with Gasteiger partial charge in [-0.15, -0.1) is 0 Å². The highest BCUT2D eigenvalue weighted by Gasteiger charge is 2.53. The standard InChI is InChI=1S/C6H6O4/c1-2-3(5(7)8)4(2)6(9)10/h3-4H,1H2,(H,7,8)(H,9,10)/t3-,4+. The Morgan fingerprint density at radius 1 is 1.20 bits per heavy atom. The first-order valence-corrected chi connectivity index (χ1v) is 2.70. The summed E-state index contributed by atoms with van der Waals surface area (Å²) in [5, 5.41) is 16.6. The van der Waals surface area contributed by atoms with Crippen molar-refractivity contribution < 1.29 is 19.8 Å². The molecule has 0 aromatic heterocycles. The molecule has 1 saturated carbocycles. The van der Waals surface area contributed by atoms with Crippen LogP contribution in [0.2, 0.25) is 0 Å². The van der Waals surface area contributed by atoms with Crippen molar-refractivity contribution in [2.45, 2.75) is 0 Å². The smallest absolute Gasteiger partial charge is 0.311 e. The summed E-state index contributed by atoms with van der Waals surface area (Å²) in [7, 11) is 0. The Labute approximate surface area is 56.8 Å². The maximum absolute atomic E-state index is 10.2. The van der Waals surface area contributed by atoms with Gasteiger partial charge in [-0.1, -0.05) is 6.58 Å². The minimum absolute atomic E-state index is 0.292. The van der Waals surface area contributed by atoms with Gasteiger partial charge in [-0.25, -0.2) is 0 Å². The molecule has 0 spiro atoms. The van der Waals surface area contributed by atoms with Crippen molar-refractivity contribution in [1.29, 1.82) is 0 Å². The Hall–Kier alpha value is -1.32. The normalized spacial score (nSPS) is 29.8. The van der Waals surface area contributed by atoms with Crippen molar-refractivity contribution in [2.24, 2.45) is 11.8 Å². The third-order valence-corrected chi connectivity index (χ3v) is 1.56. The van der Waals surface area contributed by atoms with Crippen molar-refractivity contribution in [3.05, 3.63) is 12.2 Å². The summed E-state index contributed by atoms with van der Waals surface area (Å²) in [6.45, 7) is 3.31. The molecule has 0 bridgehead atoms. The molecule has 0 aliphatic heterocycles. The van der Waals surface area contributed by atoms with E-state index in [0.29, 0.717) is 5.57 Å². The lowest BCUT2D eigenvalue weighted by molar-refractivity contribution is -0.144. The van der Waals surface area contributed by atoms with E-state index in [0.717, 1.165) is 0 Å². The second kappa shape index (κ2) is 1.83. The summed E-state index contributed by atoms with van der Waals surface area (Å²) in [6.07, 6.45) is 0. The van der Waals surface area contributed by atoms with Crippen molar-refractivity contribution in [1.82, 2.24) is 0 Å².